The van der Waals surface area contributed by atoms with Crippen LogP contribution in [0.25, 0.3) is 0 Å². The van der Waals surface area contributed by atoms with Gasteiger partial charge in [0.05, 0.1) is 30.0 Å². The van der Waals surface area contributed by atoms with E-state index in [1.54, 1.807) is 0 Å². The molecule has 0 radical (unpaired) electrons. The van der Waals surface area contributed by atoms with Crippen molar-refractivity contribution in [2.45, 2.75) is 31.0 Å². The summed E-state index contributed by atoms with van der Waals surface area (Å²) in [4.78, 5) is 52.0. The number of hydrogen-bond donors (Lipinski definition) is 3. The van der Waals surface area contributed by atoms with E-state index < -0.39 is 49.1 Å². The Bertz CT molecular complexity index is 876. The maximum Gasteiger partial charge on any atom is 0.407 e. The molecule has 2 saturated heterocycles. The Labute approximate surface area is 174 Å². The van der Waals surface area contributed by atoms with E-state index in [0.717, 1.165) is 4.90 Å². The minimum Gasteiger partial charge on any atom is -0.465 e. The zero-order valence-electron chi connectivity index (χ0n) is 16.2. The van der Waals surface area contributed by atoms with E-state index in [1.165, 1.54) is 18.3 Å². The van der Waals surface area contributed by atoms with Crippen LogP contribution >= 0.6 is 0 Å². The zero-order valence-corrected chi connectivity index (χ0v) is 16.2. The first-order chi connectivity index (χ1) is 14.5. The summed E-state index contributed by atoms with van der Waals surface area (Å²) in [5.74, 6) is -2.13. The summed E-state index contributed by atoms with van der Waals surface area (Å²) in [6, 6.07) is 0.879. The van der Waals surface area contributed by atoms with Crippen LogP contribution in [0, 0.1) is 0 Å². The molecule has 3 N–H and O–H groups in total. The lowest BCUT2D eigenvalue weighted by Gasteiger charge is -2.40. The van der Waals surface area contributed by atoms with Gasteiger partial charge in [0, 0.05) is 26.1 Å². The van der Waals surface area contributed by atoms with E-state index in [-0.39, 0.29) is 31.1 Å². The molecule has 2 aliphatic rings. The van der Waals surface area contributed by atoms with Crippen LogP contribution in [-0.2, 0) is 14.4 Å². The van der Waals surface area contributed by atoms with E-state index in [1.807, 2.05) is 0 Å². The van der Waals surface area contributed by atoms with Gasteiger partial charge in [-0.2, -0.15) is 13.2 Å². The van der Waals surface area contributed by atoms with Crippen LogP contribution in [0.15, 0.2) is 18.3 Å². The number of piperazine rings is 1. The quantitative estimate of drug-likeness (QED) is 0.586. The smallest absolute Gasteiger partial charge is 0.407 e. The number of carbonyl (C=O) groups is 4. The molecule has 0 spiro atoms. The summed E-state index contributed by atoms with van der Waals surface area (Å²) in [6.07, 6.45) is -4.36. The van der Waals surface area contributed by atoms with Crippen molar-refractivity contribution in [2.75, 3.05) is 31.5 Å². The molecular weight excluding hydrogens is 423 g/mol. The van der Waals surface area contributed by atoms with E-state index in [0.29, 0.717) is 17.0 Å². The first-order valence-electron chi connectivity index (χ1n) is 9.42. The number of pyridine rings is 1. The third kappa shape index (κ3) is 5.48. The van der Waals surface area contributed by atoms with E-state index >= 15 is 0 Å². The second kappa shape index (κ2) is 8.88. The highest BCUT2D eigenvalue weighted by atomic mass is 19.4. The Kier molecular flexibility index (Phi) is 6.43. The fourth-order valence-electron chi connectivity index (χ4n) is 3.54. The van der Waals surface area contributed by atoms with Crippen molar-refractivity contribution >= 4 is 29.5 Å². The summed E-state index contributed by atoms with van der Waals surface area (Å²) >= 11 is 0. The van der Waals surface area contributed by atoms with Gasteiger partial charge in [-0.15, -0.1) is 0 Å². The van der Waals surface area contributed by atoms with Crippen molar-refractivity contribution in [1.29, 1.82) is 0 Å². The molecule has 2 atom stereocenters. The molecule has 1 aromatic heterocycles. The van der Waals surface area contributed by atoms with Gasteiger partial charge >= 0.3 is 12.3 Å². The van der Waals surface area contributed by atoms with Crippen LogP contribution in [0.2, 0.25) is 0 Å². The lowest BCUT2D eigenvalue weighted by atomic mass is 9.94. The Hall–Kier alpha value is -3.22. The number of amides is 4. The molecule has 0 aliphatic carbocycles. The molecule has 168 valence electrons. The molecule has 10 nitrogen and oxygen atoms in total. The molecule has 1 unspecified atom stereocenters. The molecule has 0 aromatic carbocycles. The largest absolute Gasteiger partial charge is 0.465 e. The molecular formula is C18H20F3N5O5. The van der Waals surface area contributed by atoms with E-state index in [4.69, 9.17) is 5.11 Å². The third-order valence-electron chi connectivity index (χ3n) is 5.15. The molecule has 0 bridgehead atoms. The van der Waals surface area contributed by atoms with Gasteiger partial charge in [-0.1, -0.05) is 0 Å². The average molecular weight is 443 g/mol. The summed E-state index contributed by atoms with van der Waals surface area (Å²) < 4.78 is 40.0. The first-order valence-corrected chi connectivity index (χ1v) is 9.42. The van der Waals surface area contributed by atoms with Gasteiger partial charge in [-0.25, -0.2) is 4.79 Å². The molecule has 3 rings (SSSR count). The molecule has 31 heavy (non-hydrogen) atoms. The highest BCUT2D eigenvalue weighted by molar-refractivity contribution is 6.00. The fourth-order valence-corrected chi connectivity index (χ4v) is 3.54. The van der Waals surface area contributed by atoms with E-state index in [2.05, 4.69) is 15.6 Å². The number of alkyl halides is 3. The molecule has 2 fully saturated rings. The lowest BCUT2D eigenvalue weighted by molar-refractivity contribution is -0.194. The minimum atomic E-state index is -4.69. The number of imide groups is 1. The minimum absolute atomic E-state index is 0.141. The Balaban J connectivity index is 1.60. The predicted octanol–water partition coefficient (Wildman–Crippen LogP) is 0.767. The highest BCUT2D eigenvalue weighted by Crippen LogP contribution is 2.28. The number of rotatable bonds is 4. The van der Waals surface area contributed by atoms with Gasteiger partial charge in [-0.3, -0.25) is 29.6 Å². The molecule has 2 aliphatic heterocycles. The van der Waals surface area contributed by atoms with Crippen molar-refractivity contribution in [3.8, 4) is 0 Å². The first kappa shape index (κ1) is 22.5. The number of nitrogens with zero attached hydrogens (tertiary/aromatic N) is 3. The molecule has 3 heterocycles. The number of nitrogens with one attached hydrogen (secondary N) is 2. The number of aromatic nitrogens is 1. The van der Waals surface area contributed by atoms with Gasteiger partial charge in [0.15, 0.2) is 0 Å². The number of carbonyl (C=O) groups excluding carboxylic acids is 3. The maximum absolute atomic E-state index is 13.3. The standard InChI is InChI=1S/C18H20F3N5O5/c19-18(20,21)13-8-26(17(30)31)6-5-25(13)9-15(28)23-10-1-3-12(22-7-10)11-2-4-14(27)24-16(11)29/h1,3,7,11,13H,2,4-6,8-9H2,(H,23,28)(H,30,31)(H,24,27,29)/t11?,13-/m1/s1. The summed E-state index contributed by atoms with van der Waals surface area (Å²) in [7, 11) is 0. The van der Waals surface area contributed by atoms with Crippen molar-refractivity contribution in [2.24, 2.45) is 0 Å². The van der Waals surface area contributed by atoms with Gasteiger partial charge in [0.2, 0.25) is 17.7 Å². The summed E-state index contributed by atoms with van der Waals surface area (Å²) in [5.41, 5.74) is 0.638. The molecule has 0 saturated carbocycles. The summed E-state index contributed by atoms with van der Waals surface area (Å²) in [5, 5.41) is 13.6. The van der Waals surface area contributed by atoms with Gasteiger partial charge in [0.25, 0.3) is 0 Å². The summed E-state index contributed by atoms with van der Waals surface area (Å²) in [6.45, 7) is -1.73. The fraction of sp³-hybridized carbons (Fsp3) is 0.500. The Morgan fingerprint density at radius 1 is 1.26 bits per heavy atom. The van der Waals surface area contributed by atoms with Crippen LogP contribution in [0.4, 0.5) is 23.7 Å². The van der Waals surface area contributed by atoms with Gasteiger partial charge < -0.3 is 15.3 Å². The molecule has 13 heteroatoms. The Morgan fingerprint density at radius 2 is 2.00 bits per heavy atom. The van der Waals surface area contributed by atoms with E-state index in [9.17, 15) is 32.3 Å². The normalized spacial score (nSPS) is 22.7. The topological polar surface area (TPSA) is 132 Å². The number of carboxylic acid groups (broad SMARTS) is 1. The van der Waals surface area contributed by atoms with Gasteiger partial charge in [0.1, 0.15) is 6.04 Å². The second-order valence-corrected chi connectivity index (χ2v) is 7.28. The average Bonchev–Trinajstić information content (AvgIpc) is 2.68. The van der Waals surface area contributed by atoms with Crippen LogP contribution in [-0.4, -0.2) is 82.1 Å². The van der Waals surface area contributed by atoms with Crippen LogP contribution in [0.1, 0.15) is 24.5 Å². The monoisotopic (exact) mass is 443 g/mol. The van der Waals surface area contributed by atoms with Crippen molar-refractivity contribution in [3.63, 3.8) is 0 Å². The van der Waals surface area contributed by atoms with Crippen LogP contribution < -0.4 is 10.6 Å². The Morgan fingerprint density at radius 3 is 2.58 bits per heavy atom. The third-order valence-corrected chi connectivity index (χ3v) is 5.15. The predicted molar refractivity (Wildman–Crippen MR) is 99.0 cm³/mol. The number of halogens is 3. The van der Waals surface area contributed by atoms with Crippen LogP contribution in [0.5, 0.6) is 0 Å². The molecule has 4 amide bonds. The maximum atomic E-state index is 13.3. The zero-order chi connectivity index (χ0) is 22.8. The number of piperidine rings is 1. The SMILES string of the molecule is O=C1CCC(c2ccc(NC(=O)CN3CCN(C(=O)O)C[C@@H]3C(F)(F)F)cn2)C(=O)N1. The van der Waals surface area contributed by atoms with Crippen LogP contribution in [0.3, 0.4) is 0 Å². The van der Waals surface area contributed by atoms with Crippen molar-refractivity contribution < 1.29 is 37.5 Å². The number of hydrogen-bond acceptors (Lipinski definition) is 6. The van der Waals surface area contributed by atoms with Crippen molar-refractivity contribution in [3.05, 3.63) is 24.0 Å². The van der Waals surface area contributed by atoms with Crippen molar-refractivity contribution in [1.82, 2.24) is 20.1 Å². The number of anilines is 1. The van der Waals surface area contributed by atoms with Gasteiger partial charge in [-0.05, 0) is 18.6 Å². The second-order valence-electron chi connectivity index (χ2n) is 7.28. The lowest BCUT2D eigenvalue weighted by Crippen LogP contribution is -2.61. The highest BCUT2D eigenvalue weighted by Gasteiger charge is 2.47. The molecule has 1 aromatic rings.